The van der Waals surface area contributed by atoms with E-state index in [1.807, 2.05) is 44.4 Å². The molecule has 0 spiro atoms. The van der Waals surface area contributed by atoms with E-state index in [0.717, 1.165) is 27.8 Å². The summed E-state index contributed by atoms with van der Waals surface area (Å²) in [4.78, 5) is 10.5. The fourth-order valence-electron chi connectivity index (χ4n) is 2.37. The minimum absolute atomic E-state index is 0.0869. The van der Waals surface area contributed by atoms with Crippen LogP contribution in [0.5, 0.6) is 0 Å². The molecule has 2 aromatic carbocycles. The van der Waals surface area contributed by atoms with E-state index in [2.05, 4.69) is 9.88 Å². The molecule has 3 aromatic rings. The largest absolute Gasteiger partial charge is 0.355 e. The number of hydrogen-bond donors (Lipinski definition) is 1. The number of aromatic nitrogens is 1. The lowest BCUT2D eigenvalue weighted by molar-refractivity contribution is -0.384. The summed E-state index contributed by atoms with van der Waals surface area (Å²) in [5, 5.41) is 15.3. The second-order valence-electron chi connectivity index (χ2n) is 5.08. The standard InChI is InChI=1S/C16H15N3O2/c1-11-3-5-14(19(20)21)10-15(11)17-13-4-6-16-12(9-13)7-8-18(16)2/h3-10,17H,1-2H3. The SMILES string of the molecule is Cc1ccc([N+](=O)[O-])cc1Nc1ccc2c(ccn2C)c1. The fraction of sp³-hybridized carbons (Fsp3) is 0.125. The lowest BCUT2D eigenvalue weighted by Crippen LogP contribution is -1.96. The van der Waals surface area contributed by atoms with E-state index < -0.39 is 0 Å². The summed E-state index contributed by atoms with van der Waals surface area (Å²) in [6.07, 6.45) is 2.01. The quantitative estimate of drug-likeness (QED) is 0.579. The number of non-ortho nitro benzene ring substituents is 1. The Labute approximate surface area is 122 Å². The van der Waals surface area contributed by atoms with Crippen molar-refractivity contribution in [1.29, 1.82) is 0 Å². The summed E-state index contributed by atoms with van der Waals surface area (Å²) in [7, 11) is 2.00. The van der Waals surface area contributed by atoms with Gasteiger partial charge in [0.05, 0.1) is 4.92 Å². The summed E-state index contributed by atoms with van der Waals surface area (Å²) >= 11 is 0. The molecule has 5 nitrogen and oxygen atoms in total. The maximum absolute atomic E-state index is 10.9. The Morgan fingerprint density at radius 2 is 1.95 bits per heavy atom. The highest BCUT2D eigenvalue weighted by Gasteiger charge is 2.09. The minimum atomic E-state index is -0.384. The molecule has 1 heterocycles. The van der Waals surface area contributed by atoms with Crippen molar-refractivity contribution in [3.05, 3.63) is 64.3 Å². The first-order chi connectivity index (χ1) is 10.0. The molecule has 0 radical (unpaired) electrons. The third-order valence-electron chi connectivity index (χ3n) is 3.60. The molecule has 0 fully saturated rings. The van der Waals surface area contributed by atoms with Gasteiger partial charge in [-0.15, -0.1) is 0 Å². The van der Waals surface area contributed by atoms with Gasteiger partial charge in [0.2, 0.25) is 0 Å². The molecule has 0 saturated carbocycles. The average Bonchev–Trinajstić information content (AvgIpc) is 2.82. The van der Waals surface area contributed by atoms with E-state index in [4.69, 9.17) is 0 Å². The molecule has 0 unspecified atom stereocenters. The summed E-state index contributed by atoms with van der Waals surface area (Å²) in [6.45, 7) is 1.92. The maximum Gasteiger partial charge on any atom is 0.271 e. The smallest absolute Gasteiger partial charge is 0.271 e. The zero-order valence-corrected chi connectivity index (χ0v) is 11.8. The highest BCUT2D eigenvalue weighted by atomic mass is 16.6. The second kappa shape index (κ2) is 4.94. The lowest BCUT2D eigenvalue weighted by Gasteiger charge is -2.10. The third-order valence-corrected chi connectivity index (χ3v) is 3.60. The van der Waals surface area contributed by atoms with Gasteiger partial charge in [-0.2, -0.15) is 0 Å². The number of hydrogen-bond acceptors (Lipinski definition) is 3. The molecular weight excluding hydrogens is 266 g/mol. The van der Waals surface area contributed by atoms with E-state index in [1.165, 1.54) is 6.07 Å². The molecule has 3 rings (SSSR count). The van der Waals surface area contributed by atoms with Crippen molar-refractivity contribution in [3.63, 3.8) is 0 Å². The molecule has 0 saturated heterocycles. The maximum atomic E-state index is 10.9. The normalized spacial score (nSPS) is 10.8. The number of nitrogens with zero attached hydrogens (tertiary/aromatic N) is 2. The van der Waals surface area contributed by atoms with Crippen LogP contribution in [0.25, 0.3) is 10.9 Å². The van der Waals surface area contributed by atoms with Crippen LogP contribution in [-0.2, 0) is 7.05 Å². The summed E-state index contributed by atoms with van der Waals surface area (Å²) in [6, 6.07) is 12.9. The van der Waals surface area contributed by atoms with Crippen LogP contribution in [0, 0.1) is 17.0 Å². The van der Waals surface area contributed by atoms with Gasteiger partial charge in [-0.1, -0.05) is 6.07 Å². The molecule has 1 aromatic heterocycles. The van der Waals surface area contributed by atoms with Crippen LogP contribution in [0.2, 0.25) is 0 Å². The van der Waals surface area contributed by atoms with Crippen molar-refractivity contribution < 1.29 is 4.92 Å². The van der Waals surface area contributed by atoms with Gasteiger partial charge in [0.25, 0.3) is 5.69 Å². The van der Waals surface area contributed by atoms with Gasteiger partial charge in [0.15, 0.2) is 0 Å². The Morgan fingerprint density at radius 3 is 2.71 bits per heavy atom. The number of nitrogens with one attached hydrogen (secondary N) is 1. The summed E-state index contributed by atoms with van der Waals surface area (Å²) in [5.41, 5.74) is 3.87. The van der Waals surface area contributed by atoms with Gasteiger partial charge >= 0.3 is 0 Å². The van der Waals surface area contributed by atoms with Crippen LogP contribution < -0.4 is 5.32 Å². The number of benzene rings is 2. The first-order valence-corrected chi connectivity index (χ1v) is 6.62. The van der Waals surface area contributed by atoms with Crippen LogP contribution in [0.3, 0.4) is 0 Å². The summed E-state index contributed by atoms with van der Waals surface area (Å²) < 4.78 is 2.05. The van der Waals surface area contributed by atoms with Crippen molar-refractivity contribution in [2.45, 2.75) is 6.92 Å². The molecule has 0 amide bonds. The molecule has 0 atom stereocenters. The highest BCUT2D eigenvalue weighted by molar-refractivity contribution is 5.85. The molecule has 0 aliphatic heterocycles. The second-order valence-corrected chi connectivity index (χ2v) is 5.08. The van der Waals surface area contributed by atoms with Crippen molar-refractivity contribution >= 4 is 28.0 Å². The van der Waals surface area contributed by atoms with E-state index >= 15 is 0 Å². The zero-order chi connectivity index (χ0) is 15.0. The number of nitro groups is 1. The highest BCUT2D eigenvalue weighted by Crippen LogP contribution is 2.27. The molecule has 106 valence electrons. The first-order valence-electron chi connectivity index (χ1n) is 6.62. The molecule has 0 aliphatic rings. The number of anilines is 2. The Hall–Kier alpha value is -2.82. The van der Waals surface area contributed by atoms with E-state index in [-0.39, 0.29) is 10.6 Å². The van der Waals surface area contributed by atoms with E-state index in [1.54, 1.807) is 12.1 Å². The van der Waals surface area contributed by atoms with E-state index in [9.17, 15) is 10.1 Å². The molecule has 0 bridgehead atoms. The van der Waals surface area contributed by atoms with Gasteiger partial charge in [0, 0.05) is 47.7 Å². The number of fused-ring (bicyclic) bond motifs is 1. The zero-order valence-electron chi connectivity index (χ0n) is 11.8. The molecule has 1 N–H and O–H groups in total. The van der Waals surface area contributed by atoms with Gasteiger partial charge < -0.3 is 9.88 Å². The van der Waals surface area contributed by atoms with Crippen molar-refractivity contribution in [3.8, 4) is 0 Å². The number of aryl methyl sites for hydroxylation is 2. The lowest BCUT2D eigenvalue weighted by atomic mass is 10.1. The monoisotopic (exact) mass is 281 g/mol. The predicted molar refractivity (Wildman–Crippen MR) is 84.0 cm³/mol. The Kier molecular flexibility index (Phi) is 3.10. The van der Waals surface area contributed by atoms with Gasteiger partial charge in [-0.05, 0) is 36.8 Å². The van der Waals surface area contributed by atoms with Crippen LogP contribution in [0.4, 0.5) is 17.1 Å². The Morgan fingerprint density at radius 1 is 1.14 bits per heavy atom. The number of rotatable bonds is 3. The molecule has 5 heteroatoms. The van der Waals surface area contributed by atoms with E-state index in [0.29, 0.717) is 0 Å². The third kappa shape index (κ3) is 2.45. The van der Waals surface area contributed by atoms with Crippen LogP contribution in [0.15, 0.2) is 48.7 Å². The topological polar surface area (TPSA) is 60.1 Å². The van der Waals surface area contributed by atoms with Crippen LogP contribution in [0.1, 0.15) is 5.56 Å². The Bertz CT molecular complexity index is 837. The van der Waals surface area contributed by atoms with Crippen LogP contribution in [-0.4, -0.2) is 9.49 Å². The Balaban J connectivity index is 1.97. The van der Waals surface area contributed by atoms with Crippen molar-refractivity contribution in [2.75, 3.05) is 5.32 Å². The molecular formula is C16H15N3O2. The van der Waals surface area contributed by atoms with Crippen molar-refractivity contribution in [1.82, 2.24) is 4.57 Å². The minimum Gasteiger partial charge on any atom is -0.355 e. The molecule has 0 aliphatic carbocycles. The van der Waals surface area contributed by atoms with Gasteiger partial charge in [-0.3, -0.25) is 10.1 Å². The predicted octanol–water partition coefficient (Wildman–Crippen LogP) is 4.14. The van der Waals surface area contributed by atoms with Crippen molar-refractivity contribution in [2.24, 2.45) is 7.05 Å². The fourth-order valence-corrected chi connectivity index (χ4v) is 2.37. The average molecular weight is 281 g/mol. The van der Waals surface area contributed by atoms with Crippen LogP contribution >= 0.6 is 0 Å². The van der Waals surface area contributed by atoms with Gasteiger partial charge in [0.1, 0.15) is 0 Å². The summed E-state index contributed by atoms with van der Waals surface area (Å²) in [5.74, 6) is 0. The number of nitro benzene ring substituents is 1. The first kappa shape index (κ1) is 13.2. The van der Waals surface area contributed by atoms with Gasteiger partial charge in [-0.25, -0.2) is 0 Å². The molecule has 21 heavy (non-hydrogen) atoms.